The minimum absolute atomic E-state index is 0.0173. The molecule has 3 N–H and O–H groups in total. The van der Waals surface area contributed by atoms with E-state index in [0.717, 1.165) is 63.1 Å². The summed E-state index contributed by atoms with van der Waals surface area (Å²) >= 11 is -3.35. The predicted octanol–water partition coefficient (Wildman–Crippen LogP) is 10.0. The maximum absolute atomic E-state index is 13.6. The van der Waals surface area contributed by atoms with Gasteiger partial charge < -0.3 is 0 Å². The first kappa shape index (κ1) is 45.6. The normalized spacial score (nSPS) is 21.5. The Bertz CT molecular complexity index is 1560. The van der Waals surface area contributed by atoms with E-state index in [4.69, 9.17) is 23.4 Å². The number of esters is 1. The quantitative estimate of drug-likeness (QED) is 0.0602. The molecular formula is C44H70O9SiSn. The number of carbonyl (C=O) groups excluding carboxylic acids is 1. The van der Waals surface area contributed by atoms with Gasteiger partial charge in [-0.25, -0.2) is 0 Å². The zero-order valence-corrected chi connectivity index (χ0v) is 39.2. The Morgan fingerprint density at radius 2 is 1.62 bits per heavy atom. The van der Waals surface area contributed by atoms with Crippen LogP contribution >= 0.6 is 0 Å². The predicted molar refractivity (Wildman–Crippen MR) is 224 cm³/mol. The van der Waals surface area contributed by atoms with Crippen LogP contribution in [-0.2, 0) is 27.2 Å². The number of benzene rings is 2. The summed E-state index contributed by atoms with van der Waals surface area (Å²) in [5, 5.41) is 33.6. The molecule has 0 bridgehead atoms. The van der Waals surface area contributed by atoms with Crippen molar-refractivity contribution in [1.29, 1.82) is 0 Å². The zero-order chi connectivity index (χ0) is 40.6. The third kappa shape index (κ3) is 12.0. The number of hydrogen-bond acceptors (Lipinski definition) is 9. The Hall–Kier alpha value is -2.09. The molecule has 0 amide bonds. The number of aliphatic hydroxyl groups is 2. The number of fused-ring (bicyclic) bond motifs is 1. The van der Waals surface area contributed by atoms with E-state index in [-0.39, 0.29) is 47.5 Å². The number of aromatic hydroxyl groups is 1. The molecule has 2 aliphatic heterocycles. The third-order valence-corrected chi connectivity index (χ3v) is 32.4. The molecule has 0 aliphatic carbocycles. The van der Waals surface area contributed by atoms with E-state index in [9.17, 15) is 20.1 Å². The molecule has 2 aromatic rings. The van der Waals surface area contributed by atoms with Gasteiger partial charge in [-0.05, 0) is 0 Å². The molecule has 2 aliphatic rings. The molecule has 9 nitrogen and oxygen atoms in total. The van der Waals surface area contributed by atoms with Crippen LogP contribution in [0.15, 0.2) is 46.1 Å². The topological polar surface area (TPSA) is 127 Å². The number of epoxide rings is 1. The number of phenolic OH excluding ortho intramolecular Hbond substituents is 1. The van der Waals surface area contributed by atoms with Gasteiger partial charge in [0.25, 0.3) is 0 Å². The zero-order valence-electron chi connectivity index (χ0n) is 35.3. The number of cyclic esters (lactones) is 1. The molecular weight excluding hydrogens is 819 g/mol. The standard InChI is InChI=1S/C32H43O9Si.3C4H9.Sn/c1-20(33)15-27-29(39-27)26(38-19-21-10-12-23(37-5)13-11-21)9-8-14-32(36)18-22-16-24(41-42(6,7)31(2,3)4)17-25(34)28(22)30(35)40-32;3*1-3-4-2;/h8,10-13,16-17,20,26-27,29,33-34,36H,14-15,18-19H2,1-7H3;3*1,3-4H2,2H3;/t20-,26+,27+,29+,32?;;;;/m0..../s1. The Balaban J connectivity index is 1.81. The summed E-state index contributed by atoms with van der Waals surface area (Å²) in [6, 6.07) is 11.2. The van der Waals surface area contributed by atoms with Gasteiger partial charge in [-0.1, -0.05) is 0 Å². The van der Waals surface area contributed by atoms with Crippen molar-refractivity contribution in [3.63, 3.8) is 0 Å². The fourth-order valence-corrected chi connectivity index (χ4v) is 26.1. The molecule has 1 saturated heterocycles. The van der Waals surface area contributed by atoms with Crippen LogP contribution in [0.2, 0.25) is 31.4 Å². The van der Waals surface area contributed by atoms with Gasteiger partial charge in [0.2, 0.25) is 0 Å². The summed E-state index contributed by atoms with van der Waals surface area (Å²) < 4.78 is 35.9. The van der Waals surface area contributed by atoms with Gasteiger partial charge >= 0.3 is 338 Å². The Morgan fingerprint density at radius 1 is 1.02 bits per heavy atom. The van der Waals surface area contributed by atoms with Crippen LogP contribution in [0.3, 0.4) is 0 Å². The summed E-state index contributed by atoms with van der Waals surface area (Å²) in [6.07, 6.45) is 8.19. The van der Waals surface area contributed by atoms with Crippen LogP contribution in [0, 0.1) is 0 Å². The molecule has 55 heavy (non-hydrogen) atoms. The molecule has 2 aromatic carbocycles. The first-order valence-electron chi connectivity index (χ1n) is 20.7. The molecule has 1 fully saturated rings. The Labute approximate surface area is 336 Å². The van der Waals surface area contributed by atoms with Crippen molar-refractivity contribution >= 4 is 32.7 Å². The van der Waals surface area contributed by atoms with Crippen molar-refractivity contribution in [2.75, 3.05) is 7.11 Å². The van der Waals surface area contributed by atoms with Crippen molar-refractivity contribution in [2.45, 2.75) is 175 Å². The van der Waals surface area contributed by atoms with Crippen LogP contribution in [0.4, 0.5) is 0 Å². The Kier molecular flexibility index (Phi) is 16.2. The second-order valence-corrected chi connectivity index (χ2v) is 35.6. The summed E-state index contributed by atoms with van der Waals surface area (Å²) in [4.78, 5) is 13.6. The van der Waals surface area contributed by atoms with Crippen molar-refractivity contribution in [2.24, 2.45) is 0 Å². The van der Waals surface area contributed by atoms with Crippen LogP contribution in [0.25, 0.3) is 0 Å². The molecule has 4 rings (SSSR count). The Morgan fingerprint density at radius 3 is 2.15 bits per heavy atom. The van der Waals surface area contributed by atoms with Crippen molar-refractivity contribution in [3.8, 4) is 17.2 Å². The first-order chi connectivity index (χ1) is 25.9. The number of phenols is 1. The third-order valence-electron chi connectivity index (χ3n) is 12.0. The molecule has 5 atom stereocenters. The van der Waals surface area contributed by atoms with Gasteiger partial charge in [-0.2, -0.15) is 0 Å². The summed E-state index contributed by atoms with van der Waals surface area (Å²) in [6.45, 7) is 19.6. The first-order valence-corrected chi connectivity index (χ1v) is 31.1. The SMILES string of the molecule is CCC[CH2][Sn]([CH2]CCC)([CH2]CCC)/[C](=C/CC1(O)Cc2cc(O[Si](C)(C)C(C)(C)C)cc(O)c2C(=O)O1)[C@@H](OCc1ccc(OC)cc1)[C@H]1O[C@@H]1C[C@H](C)O. The van der Waals surface area contributed by atoms with E-state index >= 15 is 0 Å². The number of unbranched alkanes of at least 4 members (excludes halogenated alkanes) is 3. The monoisotopic (exact) mass is 890 g/mol. The number of ether oxygens (including phenoxy) is 4. The van der Waals surface area contributed by atoms with Crippen molar-refractivity contribution < 1.29 is 43.5 Å². The molecule has 0 saturated carbocycles. The van der Waals surface area contributed by atoms with Gasteiger partial charge in [0.1, 0.15) is 0 Å². The van der Waals surface area contributed by atoms with E-state index in [2.05, 4.69) is 60.7 Å². The van der Waals surface area contributed by atoms with Gasteiger partial charge in [0.05, 0.1) is 0 Å². The minimum atomic E-state index is -3.35. The fourth-order valence-electron chi connectivity index (χ4n) is 7.69. The summed E-state index contributed by atoms with van der Waals surface area (Å²) in [5.41, 5.74) is 1.60. The fraction of sp³-hybridized carbons (Fsp3) is 0.659. The molecule has 308 valence electrons. The molecule has 11 heteroatoms. The number of hydrogen-bond donors (Lipinski definition) is 3. The number of methoxy groups -OCH3 is 1. The van der Waals surface area contributed by atoms with Crippen LogP contribution in [-0.4, -0.2) is 85.3 Å². The van der Waals surface area contributed by atoms with Gasteiger partial charge in [-0.3, -0.25) is 0 Å². The van der Waals surface area contributed by atoms with E-state index in [1.165, 1.54) is 9.66 Å². The van der Waals surface area contributed by atoms with Gasteiger partial charge in [-0.15, -0.1) is 0 Å². The average molecular weight is 890 g/mol. The van der Waals surface area contributed by atoms with Crippen LogP contribution < -0.4 is 9.16 Å². The van der Waals surface area contributed by atoms with E-state index in [1.807, 2.05) is 24.3 Å². The average Bonchev–Trinajstić information content (AvgIpc) is 3.86. The van der Waals surface area contributed by atoms with Crippen LogP contribution in [0.1, 0.15) is 121 Å². The molecule has 0 spiro atoms. The second kappa shape index (κ2) is 19.6. The summed E-state index contributed by atoms with van der Waals surface area (Å²) in [7, 11) is -0.608. The van der Waals surface area contributed by atoms with Gasteiger partial charge in [0.15, 0.2) is 0 Å². The van der Waals surface area contributed by atoms with Gasteiger partial charge in [0, 0.05) is 0 Å². The molecule has 0 radical (unpaired) electrons. The second-order valence-electron chi connectivity index (χ2n) is 17.6. The molecule has 1 unspecified atom stereocenters. The van der Waals surface area contributed by atoms with Crippen molar-refractivity contribution in [1.82, 2.24) is 0 Å². The van der Waals surface area contributed by atoms with E-state index in [0.29, 0.717) is 24.3 Å². The number of aliphatic hydroxyl groups excluding tert-OH is 1. The number of carbonyl (C=O) groups is 1. The molecule has 2 heterocycles. The number of rotatable bonds is 22. The van der Waals surface area contributed by atoms with Crippen LogP contribution in [0.5, 0.6) is 17.2 Å². The van der Waals surface area contributed by atoms with E-state index in [1.54, 1.807) is 20.1 Å². The maximum atomic E-state index is 13.6. The summed E-state index contributed by atoms with van der Waals surface area (Å²) in [5.74, 6) is -1.51. The molecule has 0 aromatic heterocycles. The van der Waals surface area contributed by atoms with E-state index < -0.39 is 44.6 Å². The van der Waals surface area contributed by atoms with Crippen molar-refractivity contribution in [3.05, 3.63) is 62.8 Å².